The van der Waals surface area contributed by atoms with Crippen molar-refractivity contribution in [3.8, 4) is 11.5 Å². The van der Waals surface area contributed by atoms with Crippen molar-refractivity contribution in [3.63, 3.8) is 0 Å². The molecule has 19 heavy (non-hydrogen) atoms. The third-order valence-electron chi connectivity index (χ3n) is 3.79. The van der Waals surface area contributed by atoms with Crippen LogP contribution in [0.3, 0.4) is 0 Å². The predicted molar refractivity (Wildman–Crippen MR) is 72.9 cm³/mol. The molecule has 104 valence electrons. The second-order valence-corrected chi connectivity index (χ2v) is 5.19. The van der Waals surface area contributed by atoms with Crippen LogP contribution in [0.2, 0.25) is 0 Å². The molecule has 0 saturated carbocycles. The fourth-order valence-electron chi connectivity index (χ4n) is 2.85. The molecule has 1 aromatic carbocycles. The lowest BCUT2D eigenvalue weighted by molar-refractivity contribution is 0.167. The number of fused-ring (bicyclic) bond motifs is 1. The van der Waals surface area contributed by atoms with Gasteiger partial charge in [0.15, 0.2) is 11.5 Å². The largest absolute Gasteiger partial charge is 0.486 e. The maximum absolute atomic E-state index is 5.68. The SMILES string of the molecule is COCc1cc2c(cc1CC1CCCN1)OCCO2. The predicted octanol–water partition coefficient (Wildman–Crippen LogP) is 1.90. The summed E-state index contributed by atoms with van der Waals surface area (Å²) >= 11 is 0. The van der Waals surface area contributed by atoms with Crippen LogP contribution in [0.5, 0.6) is 11.5 Å². The Kier molecular flexibility index (Phi) is 3.89. The Bertz CT molecular complexity index is 441. The molecule has 2 aliphatic heterocycles. The van der Waals surface area contributed by atoms with Gasteiger partial charge in [0, 0.05) is 13.2 Å². The molecule has 0 spiro atoms. The van der Waals surface area contributed by atoms with Crippen molar-refractivity contribution in [3.05, 3.63) is 23.3 Å². The molecule has 1 aromatic rings. The lowest BCUT2D eigenvalue weighted by Crippen LogP contribution is -2.24. The Morgan fingerprint density at radius 2 is 1.95 bits per heavy atom. The van der Waals surface area contributed by atoms with Crippen molar-refractivity contribution in [1.82, 2.24) is 5.32 Å². The van der Waals surface area contributed by atoms with E-state index in [2.05, 4.69) is 17.4 Å². The van der Waals surface area contributed by atoms with Gasteiger partial charge < -0.3 is 19.5 Å². The topological polar surface area (TPSA) is 39.7 Å². The van der Waals surface area contributed by atoms with Crippen LogP contribution in [0.1, 0.15) is 24.0 Å². The summed E-state index contributed by atoms with van der Waals surface area (Å²) in [6.45, 7) is 3.02. The smallest absolute Gasteiger partial charge is 0.161 e. The van der Waals surface area contributed by atoms with E-state index in [0.29, 0.717) is 25.9 Å². The molecule has 2 aliphatic rings. The summed E-state index contributed by atoms with van der Waals surface area (Å²) in [5, 5.41) is 3.54. The van der Waals surface area contributed by atoms with Gasteiger partial charge >= 0.3 is 0 Å². The lowest BCUT2D eigenvalue weighted by Gasteiger charge is -2.22. The average molecular weight is 263 g/mol. The monoisotopic (exact) mass is 263 g/mol. The summed E-state index contributed by atoms with van der Waals surface area (Å²) in [7, 11) is 1.73. The molecule has 0 aromatic heterocycles. The van der Waals surface area contributed by atoms with Gasteiger partial charge in [-0.1, -0.05) is 0 Å². The maximum Gasteiger partial charge on any atom is 0.161 e. The summed E-state index contributed by atoms with van der Waals surface area (Å²) in [5.41, 5.74) is 2.52. The van der Waals surface area contributed by atoms with E-state index in [4.69, 9.17) is 14.2 Å². The van der Waals surface area contributed by atoms with E-state index in [9.17, 15) is 0 Å². The quantitative estimate of drug-likeness (QED) is 0.900. The minimum atomic E-state index is 0.582. The summed E-state index contributed by atoms with van der Waals surface area (Å²) in [6.07, 6.45) is 3.56. The highest BCUT2D eigenvalue weighted by Gasteiger charge is 2.20. The Morgan fingerprint density at radius 1 is 1.21 bits per heavy atom. The van der Waals surface area contributed by atoms with Crippen molar-refractivity contribution < 1.29 is 14.2 Å². The van der Waals surface area contributed by atoms with Crippen molar-refractivity contribution in [2.45, 2.75) is 31.9 Å². The van der Waals surface area contributed by atoms with Crippen LogP contribution >= 0.6 is 0 Å². The van der Waals surface area contributed by atoms with E-state index in [1.807, 2.05) is 0 Å². The highest BCUT2D eigenvalue weighted by Crippen LogP contribution is 2.34. The molecule has 2 heterocycles. The van der Waals surface area contributed by atoms with Crippen LogP contribution in [0.4, 0.5) is 0 Å². The van der Waals surface area contributed by atoms with E-state index in [1.54, 1.807) is 7.11 Å². The van der Waals surface area contributed by atoms with Crippen LogP contribution in [-0.4, -0.2) is 32.9 Å². The van der Waals surface area contributed by atoms with Crippen LogP contribution < -0.4 is 14.8 Å². The minimum Gasteiger partial charge on any atom is -0.486 e. The van der Waals surface area contributed by atoms with Gasteiger partial charge in [0.05, 0.1) is 6.61 Å². The number of benzene rings is 1. The molecule has 3 rings (SSSR count). The standard InChI is InChI=1S/C15H21NO3/c1-17-10-12-9-15-14(18-5-6-19-15)8-11(12)7-13-3-2-4-16-13/h8-9,13,16H,2-7,10H2,1H3. The number of rotatable bonds is 4. The van der Waals surface area contributed by atoms with Crippen molar-refractivity contribution in [2.24, 2.45) is 0 Å². The Labute approximate surface area is 114 Å². The lowest BCUT2D eigenvalue weighted by atomic mass is 9.98. The van der Waals surface area contributed by atoms with Crippen LogP contribution in [-0.2, 0) is 17.8 Å². The van der Waals surface area contributed by atoms with Crippen LogP contribution in [0, 0.1) is 0 Å². The zero-order chi connectivity index (χ0) is 13.1. The first-order valence-electron chi connectivity index (χ1n) is 7.00. The molecular weight excluding hydrogens is 242 g/mol. The van der Waals surface area contributed by atoms with Gasteiger partial charge in [0.25, 0.3) is 0 Å². The minimum absolute atomic E-state index is 0.582. The van der Waals surface area contributed by atoms with Crippen LogP contribution in [0.25, 0.3) is 0 Å². The number of nitrogens with one attached hydrogen (secondary N) is 1. The Hall–Kier alpha value is -1.26. The van der Waals surface area contributed by atoms with E-state index >= 15 is 0 Å². The molecule has 4 heteroatoms. The second kappa shape index (κ2) is 5.80. The van der Waals surface area contributed by atoms with E-state index in [0.717, 1.165) is 24.5 Å². The van der Waals surface area contributed by atoms with Gasteiger partial charge in [0.1, 0.15) is 13.2 Å². The molecule has 1 saturated heterocycles. The Balaban J connectivity index is 1.86. The van der Waals surface area contributed by atoms with E-state index < -0.39 is 0 Å². The molecule has 1 atom stereocenters. The van der Waals surface area contributed by atoms with Crippen LogP contribution in [0.15, 0.2) is 12.1 Å². The second-order valence-electron chi connectivity index (χ2n) is 5.19. The van der Waals surface area contributed by atoms with Crippen molar-refractivity contribution in [2.75, 3.05) is 26.9 Å². The molecule has 1 unspecified atom stereocenters. The number of hydrogen-bond donors (Lipinski definition) is 1. The van der Waals surface area contributed by atoms with Gasteiger partial charge in [-0.2, -0.15) is 0 Å². The van der Waals surface area contributed by atoms with E-state index in [1.165, 1.54) is 24.0 Å². The fourth-order valence-corrected chi connectivity index (χ4v) is 2.85. The van der Waals surface area contributed by atoms with Gasteiger partial charge in [0.2, 0.25) is 0 Å². The number of methoxy groups -OCH3 is 1. The fraction of sp³-hybridized carbons (Fsp3) is 0.600. The summed E-state index contributed by atoms with van der Waals surface area (Å²) < 4.78 is 16.6. The molecule has 0 bridgehead atoms. The zero-order valence-corrected chi connectivity index (χ0v) is 11.4. The number of hydrogen-bond acceptors (Lipinski definition) is 4. The molecule has 0 aliphatic carbocycles. The summed E-state index contributed by atoms with van der Waals surface area (Å²) in [6, 6.07) is 4.78. The maximum atomic E-state index is 5.68. The Morgan fingerprint density at radius 3 is 2.58 bits per heavy atom. The van der Waals surface area contributed by atoms with Crippen molar-refractivity contribution in [1.29, 1.82) is 0 Å². The molecule has 0 radical (unpaired) electrons. The third-order valence-corrected chi connectivity index (χ3v) is 3.79. The first kappa shape index (κ1) is 12.8. The number of ether oxygens (including phenoxy) is 3. The summed E-state index contributed by atoms with van der Waals surface area (Å²) in [4.78, 5) is 0. The van der Waals surface area contributed by atoms with Gasteiger partial charge in [-0.15, -0.1) is 0 Å². The normalized spacial score (nSPS) is 21.6. The first-order valence-corrected chi connectivity index (χ1v) is 7.00. The highest BCUT2D eigenvalue weighted by molar-refractivity contribution is 5.48. The summed E-state index contributed by atoms with van der Waals surface area (Å²) in [5.74, 6) is 1.72. The third kappa shape index (κ3) is 2.85. The highest BCUT2D eigenvalue weighted by atomic mass is 16.6. The van der Waals surface area contributed by atoms with E-state index in [-0.39, 0.29) is 0 Å². The van der Waals surface area contributed by atoms with Gasteiger partial charge in [-0.05, 0) is 49.1 Å². The van der Waals surface area contributed by atoms with Crippen molar-refractivity contribution >= 4 is 0 Å². The molecular formula is C15H21NO3. The molecule has 0 amide bonds. The molecule has 1 fully saturated rings. The van der Waals surface area contributed by atoms with Gasteiger partial charge in [-0.3, -0.25) is 0 Å². The first-order chi connectivity index (χ1) is 9.36. The molecule has 4 nitrogen and oxygen atoms in total. The zero-order valence-electron chi connectivity index (χ0n) is 11.4. The average Bonchev–Trinajstić information content (AvgIpc) is 2.93. The molecule has 1 N–H and O–H groups in total. The van der Waals surface area contributed by atoms with Gasteiger partial charge in [-0.25, -0.2) is 0 Å².